The third kappa shape index (κ3) is 2.07. The molecule has 0 aromatic carbocycles. The quantitative estimate of drug-likeness (QED) is 0.617. The van der Waals surface area contributed by atoms with Crippen LogP contribution in [0.2, 0.25) is 0 Å². The molecule has 2 aliphatic carbocycles. The van der Waals surface area contributed by atoms with Gasteiger partial charge in [-0.2, -0.15) is 0 Å². The Morgan fingerprint density at radius 3 is 2.50 bits per heavy atom. The summed E-state index contributed by atoms with van der Waals surface area (Å²) in [6.45, 7) is 2.50. The summed E-state index contributed by atoms with van der Waals surface area (Å²) in [4.78, 5) is 0. The molecule has 0 N–H and O–H groups in total. The molecule has 0 aromatic rings. The molecule has 2 rings (SSSR count). The molecule has 4 unspecified atom stereocenters. The molecule has 0 bridgehead atoms. The van der Waals surface area contributed by atoms with E-state index >= 15 is 0 Å². The van der Waals surface area contributed by atoms with Crippen LogP contribution in [0.15, 0.2) is 0 Å². The Labute approximate surface area is 95.8 Å². The zero-order valence-electron chi connectivity index (χ0n) is 9.00. The summed E-state index contributed by atoms with van der Waals surface area (Å²) in [5.41, 5.74) is 1.87. The molecule has 0 aromatic heterocycles. The van der Waals surface area contributed by atoms with Gasteiger partial charge in [-0.3, -0.25) is 0 Å². The molecular weight excluding hydrogens is 244 g/mol. The molecule has 2 fully saturated rings. The summed E-state index contributed by atoms with van der Waals surface area (Å²) in [6, 6.07) is 0. The molecule has 0 radical (unpaired) electrons. The zero-order chi connectivity index (χ0) is 10.2. The molecule has 0 saturated heterocycles. The van der Waals surface area contributed by atoms with Gasteiger partial charge < -0.3 is 0 Å². The molecule has 0 nitrogen and oxygen atoms in total. The largest absolute Gasteiger partial charge is 0.110 e. The highest BCUT2D eigenvalue weighted by atomic mass is 32.6. The molecule has 1 spiro atoms. The predicted molar refractivity (Wildman–Crippen MR) is 77.7 cm³/mol. The second-order valence-electron chi connectivity index (χ2n) is 5.07. The predicted octanol–water partition coefficient (Wildman–Crippen LogP) is 5.00. The first-order chi connectivity index (χ1) is 6.69. The van der Waals surface area contributed by atoms with Gasteiger partial charge in [-0.1, -0.05) is 35.0 Å². The van der Waals surface area contributed by atoms with Gasteiger partial charge in [0.15, 0.2) is 0 Å². The van der Waals surface area contributed by atoms with Gasteiger partial charge in [-0.05, 0) is 42.7 Å². The van der Waals surface area contributed by atoms with Crippen molar-refractivity contribution in [2.24, 2.45) is 11.3 Å². The van der Waals surface area contributed by atoms with Crippen LogP contribution in [-0.2, 0) is 0 Å². The van der Waals surface area contributed by atoms with Crippen LogP contribution in [-0.4, -0.2) is 5.66 Å². The Kier molecular flexibility index (Phi) is 4.29. The van der Waals surface area contributed by atoms with E-state index in [0.29, 0.717) is 0 Å². The molecule has 0 aliphatic heterocycles. The fourth-order valence-corrected chi connectivity index (χ4v) is 10.9. The van der Waals surface area contributed by atoms with E-state index in [1.807, 2.05) is 0 Å². The van der Waals surface area contributed by atoms with Crippen molar-refractivity contribution in [2.45, 2.75) is 51.1 Å². The summed E-state index contributed by atoms with van der Waals surface area (Å²) in [7, 11) is 7.50. The van der Waals surface area contributed by atoms with E-state index in [2.05, 4.69) is 24.8 Å². The van der Waals surface area contributed by atoms with E-state index in [1.165, 1.54) is 19.3 Å². The topological polar surface area (TPSA) is 0 Å². The average molecular weight is 266 g/mol. The maximum Gasteiger partial charge on any atom is -0.00537 e. The van der Waals surface area contributed by atoms with E-state index in [4.69, 9.17) is 0 Å². The van der Waals surface area contributed by atoms with Crippen molar-refractivity contribution in [2.75, 3.05) is 0 Å². The Hall–Kier alpha value is 1.72. The molecule has 14 heavy (non-hydrogen) atoms. The normalized spacial score (nSPS) is 38.8. The van der Waals surface area contributed by atoms with Gasteiger partial charge in [0.25, 0.3) is 0 Å². The lowest BCUT2D eigenvalue weighted by Crippen LogP contribution is -2.26. The lowest BCUT2D eigenvalue weighted by Gasteiger charge is -2.37. The Morgan fingerprint density at radius 1 is 1.29 bits per heavy atom. The van der Waals surface area contributed by atoms with Crippen molar-refractivity contribution in [1.82, 2.24) is 0 Å². The fraction of sp³-hybridized carbons (Fsp3) is 1.00. The van der Waals surface area contributed by atoms with Crippen molar-refractivity contribution >= 4 is 33.1 Å². The first-order valence-corrected chi connectivity index (χ1v) is 12.4. The van der Waals surface area contributed by atoms with E-state index in [1.54, 1.807) is 19.3 Å². The van der Waals surface area contributed by atoms with E-state index in [0.717, 1.165) is 24.9 Å². The monoisotopic (exact) mass is 266 g/mol. The van der Waals surface area contributed by atoms with Gasteiger partial charge in [-0.15, -0.1) is 17.9 Å². The first-order valence-electron chi connectivity index (χ1n) is 5.70. The van der Waals surface area contributed by atoms with Crippen molar-refractivity contribution in [3.8, 4) is 0 Å². The van der Waals surface area contributed by atoms with Crippen molar-refractivity contribution < 1.29 is 0 Å². The molecule has 0 amide bonds. The SMILES string of the molecule is C[C@H]1CCC2(CCCC2)[C@H]1P(P)PP. The summed E-state index contributed by atoms with van der Waals surface area (Å²) < 4.78 is 0. The van der Waals surface area contributed by atoms with Gasteiger partial charge in [0.1, 0.15) is 0 Å². The number of hydrogen-bond acceptors (Lipinski definition) is 0. The lowest BCUT2D eigenvalue weighted by molar-refractivity contribution is 0.308. The summed E-state index contributed by atoms with van der Waals surface area (Å²) in [5, 5.41) is 0. The van der Waals surface area contributed by atoms with Gasteiger partial charge in [0, 0.05) is 0 Å². The van der Waals surface area contributed by atoms with Crippen molar-refractivity contribution in [3.63, 3.8) is 0 Å². The third-order valence-electron chi connectivity index (χ3n) is 4.31. The lowest BCUT2D eigenvalue weighted by atomic mass is 9.83. The van der Waals surface area contributed by atoms with Crippen molar-refractivity contribution in [3.05, 3.63) is 0 Å². The van der Waals surface area contributed by atoms with Gasteiger partial charge in [0.2, 0.25) is 0 Å². The van der Waals surface area contributed by atoms with Crippen LogP contribution >= 0.6 is 33.1 Å². The molecule has 82 valence electrons. The maximum atomic E-state index is 3.19. The van der Waals surface area contributed by atoms with Crippen LogP contribution < -0.4 is 0 Å². The van der Waals surface area contributed by atoms with Crippen LogP contribution in [0.5, 0.6) is 0 Å². The second kappa shape index (κ2) is 4.92. The second-order valence-corrected chi connectivity index (χ2v) is 14.6. The zero-order valence-corrected chi connectivity index (χ0v) is 13.2. The highest BCUT2D eigenvalue weighted by molar-refractivity contribution is 8.61. The van der Waals surface area contributed by atoms with E-state index in [9.17, 15) is 0 Å². The third-order valence-corrected chi connectivity index (χ3v) is 15.7. The van der Waals surface area contributed by atoms with Crippen LogP contribution in [0.3, 0.4) is 0 Å². The standard InChI is InChI=1S/C10H22P4/c1-8-4-7-10(5-2-3-6-10)9(8)14(12)13-11/h8-9,13H,2-7,11-12H2,1H3/t8-,9-,14?/m0/s1. The average Bonchev–Trinajstić information content (AvgIpc) is 2.76. The number of rotatable bonds is 2. The van der Waals surface area contributed by atoms with Crippen LogP contribution in [0.25, 0.3) is 0 Å². The molecule has 6 atom stereocenters. The van der Waals surface area contributed by atoms with Gasteiger partial charge in [0.05, 0.1) is 0 Å². The maximum absolute atomic E-state index is 3.19. The summed E-state index contributed by atoms with van der Waals surface area (Å²) in [5.74, 6) is 1.00. The van der Waals surface area contributed by atoms with E-state index < -0.39 is 0 Å². The Bertz CT molecular complexity index is 200. The van der Waals surface area contributed by atoms with Crippen molar-refractivity contribution in [1.29, 1.82) is 0 Å². The highest BCUT2D eigenvalue weighted by Crippen LogP contribution is 2.77. The minimum atomic E-state index is 0.229. The first kappa shape index (κ1) is 12.2. The minimum absolute atomic E-state index is 0.229. The van der Waals surface area contributed by atoms with Gasteiger partial charge in [-0.25, -0.2) is 0 Å². The van der Waals surface area contributed by atoms with E-state index in [-0.39, 0.29) is 7.30 Å². The van der Waals surface area contributed by atoms with Crippen LogP contribution in [0.1, 0.15) is 45.4 Å². The smallest absolute Gasteiger partial charge is 0.00537 e. The molecule has 2 saturated carbocycles. The summed E-state index contributed by atoms with van der Waals surface area (Å²) in [6.07, 6.45) is 9.16. The molecule has 4 heteroatoms. The Balaban J connectivity index is 2.16. The molecule has 2 aliphatic rings. The molecule has 0 heterocycles. The Morgan fingerprint density at radius 2 is 1.93 bits per heavy atom. The minimum Gasteiger partial charge on any atom is -0.110 e. The van der Waals surface area contributed by atoms with Gasteiger partial charge >= 0.3 is 0 Å². The highest BCUT2D eigenvalue weighted by Gasteiger charge is 2.49. The van der Waals surface area contributed by atoms with Crippen LogP contribution in [0.4, 0.5) is 0 Å². The van der Waals surface area contributed by atoms with Crippen LogP contribution in [0, 0.1) is 11.3 Å². The number of hydrogen-bond donors (Lipinski definition) is 0. The summed E-state index contributed by atoms with van der Waals surface area (Å²) >= 11 is 0. The molecular formula is C10H22P4. The fourth-order valence-electron chi connectivity index (χ4n) is 3.70.